The molecule has 0 aliphatic carbocycles. The molecule has 0 radical (unpaired) electrons. The number of rotatable bonds is 5. The van der Waals surface area contributed by atoms with Crippen LogP contribution in [0.1, 0.15) is 10.6 Å². The van der Waals surface area contributed by atoms with Crippen molar-refractivity contribution in [1.82, 2.24) is 4.98 Å². The minimum atomic E-state index is -0.714. The average molecular weight is 375 g/mol. The normalized spacial score (nSPS) is 14.3. The highest BCUT2D eigenvalue weighted by atomic mass is 32.1. The maximum absolute atomic E-state index is 12.0. The minimum Gasteiger partial charge on any atom is -0.494 e. The molecule has 3 heterocycles. The lowest BCUT2D eigenvalue weighted by Crippen LogP contribution is -2.53. The highest BCUT2D eigenvalue weighted by molar-refractivity contribution is 7.22. The van der Waals surface area contributed by atoms with Crippen LogP contribution >= 0.6 is 11.3 Å². The molecule has 134 valence electrons. The molecule has 3 aromatic rings. The Morgan fingerprint density at radius 2 is 2.19 bits per heavy atom. The first-order valence-corrected chi connectivity index (χ1v) is 8.50. The number of carbonyl (C=O) groups is 1. The molecule has 2 aromatic heterocycles. The van der Waals surface area contributed by atoms with E-state index in [2.05, 4.69) is 4.98 Å². The summed E-state index contributed by atoms with van der Waals surface area (Å²) in [5, 5.41) is 11.4. The van der Waals surface area contributed by atoms with Gasteiger partial charge in [-0.05, 0) is 18.2 Å². The number of anilines is 1. The zero-order valence-electron chi connectivity index (χ0n) is 13.6. The molecule has 0 N–H and O–H groups in total. The number of ether oxygens (including phenoxy) is 2. The Morgan fingerprint density at radius 3 is 2.88 bits per heavy atom. The highest BCUT2D eigenvalue weighted by Crippen LogP contribution is 2.36. The van der Waals surface area contributed by atoms with E-state index >= 15 is 0 Å². The Kier molecular flexibility index (Phi) is 3.96. The molecule has 0 saturated carbocycles. The fraction of sp³-hybridized carbons (Fsp3) is 0.250. The maximum atomic E-state index is 12.0. The van der Waals surface area contributed by atoms with E-state index in [1.54, 1.807) is 7.11 Å². The van der Waals surface area contributed by atoms with Crippen molar-refractivity contribution in [2.24, 2.45) is 0 Å². The van der Waals surface area contributed by atoms with Crippen molar-refractivity contribution >= 4 is 38.5 Å². The van der Waals surface area contributed by atoms with Gasteiger partial charge in [-0.1, -0.05) is 17.4 Å². The molecule has 0 bridgehead atoms. The van der Waals surface area contributed by atoms with Crippen LogP contribution in [0.15, 0.2) is 34.7 Å². The zero-order valence-corrected chi connectivity index (χ0v) is 14.4. The molecule has 0 unspecified atom stereocenters. The standard InChI is InChI=1S/C16H13N3O6S/c1-23-10-3-2-4-12-14(10)17-16(26-12)18-7-9(8-18)24-15(20)11-5-6-13(25-11)19(21)22/h2-6,9H,7-8H2,1H3. The van der Waals surface area contributed by atoms with Gasteiger partial charge in [0.1, 0.15) is 22.3 Å². The van der Waals surface area contributed by atoms with Crippen LogP contribution in [0.2, 0.25) is 0 Å². The van der Waals surface area contributed by atoms with E-state index in [-0.39, 0.29) is 11.9 Å². The summed E-state index contributed by atoms with van der Waals surface area (Å²) in [6.07, 6.45) is -0.319. The van der Waals surface area contributed by atoms with Crippen molar-refractivity contribution in [3.05, 3.63) is 46.2 Å². The quantitative estimate of drug-likeness (QED) is 0.380. The van der Waals surface area contributed by atoms with E-state index in [4.69, 9.17) is 13.9 Å². The van der Waals surface area contributed by atoms with Crippen LogP contribution < -0.4 is 9.64 Å². The Morgan fingerprint density at radius 1 is 1.38 bits per heavy atom. The molecular formula is C16H13N3O6S. The number of furan rings is 1. The van der Waals surface area contributed by atoms with Gasteiger partial charge in [0.25, 0.3) is 0 Å². The second kappa shape index (κ2) is 6.30. The number of aromatic nitrogens is 1. The summed E-state index contributed by atoms with van der Waals surface area (Å²) in [7, 11) is 1.60. The molecule has 1 fully saturated rings. The van der Waals surface area contributed by atoms with Gasteiger partial charge in [0.15, 0.2) is 5.13 Å². The molecule has 0 spiro atoms. The summed E-state index contributed by atoms with van der Waals surface area (Å²) in [5.41, 5.74) is 0.804. The molecule has 1 aliphatic rings. The first-order chi connectivity index (χ1) is 12.5. The molecule has 26 heavy (non-hydrogen) atoms. The van der Waals surface area contributed by atoms with E-state index < -0.39 is 16.8 Å². The number of thiazole rings is 1. The maximum Gasteiger partial charge on any atom is 0.433 e. The molecular weight excluding hydrogens is 362 g/mol. The molecule has 9 nitrogen and oxygen atoms in total. The van der Waals surface area contributed by atoms with Gasteiger partial charge in [0.05, 0.1) is 31.0 Å². The fourth-order valence-electron chi connectivity index (χ4n) is 2.63. The summed E-state index contributed by atoms with van der Waals surface area (Å²) >= 11 is 1.54. The van der Waals surface area contributed by atoms with Gasteiger partial charge in [-0.3, -0.25) is 10.1 Å². The average Bonchev–Trinajstić information content (AvgIpc) is 3.23. The molecule has 0 amide bonds. The molecule has 0 atom stereocenters. The van der Waals surface area contributed by atoms with Crippen LogP contribution in [0.25, 0.3) is 10.2 Å². The third kappa shape index (κ3) is 2.84. The monoisotopic (exact) mass is 375 g/mol. The summed E-state index contributed by atoms with van der Waals surface area (Å²) < 4.78 is 16.5. The number of carbonyl (C=O) groups excluding carboxylic acids is 1. The van der Waals surface area contributed by atoms with Crippen LogP contribution in [-0.4, -0.2) is 42.2 Å². The summed E-state index contributed by atoms with van der Waals surface area (Å²) in [6.45, 7) is 0.993. The lowest BCUT2D eigenvalue weighted by atomic mass is 10.2. The Hall–Kier alpha value is -3.14. The lowest BCUT2D eigenvalue weighted by molar-refractivity contribution is -0.402. The van der Waals surface area contributed by atoms with Gasteiger partial charge in [-0.2, -0.15) is 0 Å². The molecule has 1 saturated heterocycles. The van der Waals surface area contributed by atoms with Crippen LogP contribution in [-0.2, 0) is 4.74 Å². The van der Waals surface area contributed by atoms with E-state index in [0.29, 0.717) is 18.8 Å². The fourth-order valence-corrected chi connectivity index (χ4v) is 3.63. The number of esters is 1. The number of hydrogen-bond donors (Lipinski definition) is 0. The highest BCUT2D eigenvalue weighted by Gasteiger charge is 2.33. The number of nitrogens with zero attached hydrogens (tertiary/aromatic N) is 3. The third-order valence-electron chi connectivity index (χ3n) is 3.96. The van der Waals surface area contributed by atoms with E-state index in [9.17, 15) is 14.9 Å². The van der Waals surface area contributed by atoms with Gasteiger partial charge >= 0.3 is 11.9 Å². The topological polar surface area (TPSA) is 108 Å². The number of para-hydroxylation sites is 1. The van der Waals surface area contributed by atoms with Crippen molar-refractivity contribution in [3.8, 4) is 5.75 Å². The van der Waals surface area contributed by atoms with Crippen molar-refractivity contribution in [1.29, 1.82) is 0 Å². The number of fused-ring (bicyclic) bond motifs is 1. The SMILES string of the molecule is COc1cccc2sc(N3CC(OC(=O)c4ccc([N+](=O)[O-])o4)C3)nc12. The van der Waals surface area contributed by atoms with E-state index in [0.717, 1.165) is 21.4 Å². The largest absolute Gasteiger partial charge is 0.494 e. The second-order valence-corrected chi connectivity index (χ2v) is 6.64. The Bertz CT molecular complexity index is 991. The van der Waals surface area contributed by atoms with Gasteiger partial charge in [-0.15, -0.1) is 0 Å². The summed E-state index contributed by atoms with van der Waals surface area (Å²) in [4.78, 5) is 28.4. The van der Waals surface area contributed by atoms with Crippen LogP contribution in [0.3, 0.4) is 0 Å². The smallest absolute Gasteiger partial charge is 0.433 e. The van der Waals surface area contributed by atoms with E-state index in [1.807, 2.05) is 23.1 Å². The van der Waals surface area contributed by atoms with Gasteiger partial charge in [0, 0.05) is 0 Å². The molecule has 1 aromatic carbocycles. The predicted molar refractivity (Wildman–Crippen MR) is 93.0 cm³/mol. The van der Waals surface area contributed by atoms with Crippen LogP contribution in [0.5, 0.6) is 5.75 Å². The second-order valence-electron chi connectivity index (χ2n) is 5.63. The van der Waals surface area contributed by atoms with Gasteiger partial charge < -0.3 is 18.8 Å². The van der Waals surface area contributed by atoms with Crippen LogP contribution in [0.4, 0.5) is 11.0 Å². The summed E-state index contributed by atoms with van der Waals surface area (Å²) in [5.74, 6) is -0.669. The number of nitro groups is 1. The summed E-state index contributed by atoms with van der Waals surface area (Å²) in [6, 6.07) is 8.09. The number of hydrogen-bond acceptors (Lipinski definition) is 9. The van der Waals surface area contributed by atoms with Gasteiger partial charge in [-0.25, -0.2) is 9.78 Å². The number of benzene rings is 1. The Balaban J connectivity index is 1.39. The zero-order chi connectivity index (χ0) is 18.3. The molecule has 4 rings (SSSR count). The third-order valence-corrected chi connectivity index (χ3v) is 5.04. The van der Waals surface area contributed by atoms with Crippen molar-refractivity contribution in [2.75, 3.05) is 25.1 Å². The molecule has 10 heteroatoms. The van der Waals surface area contributed by atoms with Crippen molar-refractivity contribution < 1.29 is 23.6 Å². The van der Waals surface area contributed by atoms with Crippen LogP contribution in [0, 0.1) is 10.1 Å². The van der Waals surface area contributed by atoms with Crippen molar-refractivity contribution in [2.45, 2.75) is 6.10 Å². The predicted octanol–water partition coefficient (Wildman–Crippen LogP) is 2.85. The molecule has 1 aliphatic heterocycles. The lowest BCUT2D eigenvalue weighted by Gasteiger charge is -2.37. The first kappa shape index (κ1) is 16.3. The minimum absolute atomic E-state index is 0.181. The first-order valence-electron chi connectivity index (χ1n) is 7.69. The van der Waals surface area contributed by atoms with Gasteiger partial charge in [0.2, 0.25) is 5.76 Å². The Labute approximate surface area is 150 Å². The number of methoxy groups -OCH3 is 1. The van der Waals surface area contributed by atoms with Crippen molar-refractivity contribution in [3.63, 3.8) is 0 Å². The van der Waals surface area contributed by atoms with E-state index in [1.165, 1.54) is 17.4 Å².